The number of guanidine groups is 1. The molecule has 0 spiro atoms. The lowest BCUT2D eigenvalue weighted by Crippen LogP contribution is -2.47. The van der Waals surface area contributed by atoms with Crippen LogP contribution in [0.5, 0.6) is 0 Å². The van der Waals surface area contributed by atoms with Gasteiger partial charge in [0.25, 0.3) is 0 Å². The molecule has 178 valence electrons. The molecular formula is C24H39N5O3. The Kier molecular flexibility index (Phi) is 9.35. The molecule has 1 aliphatic rings. The molecule has 0 saturated carbocycles. The van der Waals surface area contributed by atoms with Crippen LogP contribution in [0.1, 0.15) is 63.4 Å². The van der Waals surface area contributed by atoms with Crippen LogP contribution in [0.15, 0.2) is 29.3 Å². The number of nitrogens with one attached hydrogen (secondary N) is 1. The average molecular weight is 446 g/mol. The molecular weight excluding hydrogens is 406 g/mol. The van der Waals surface area contributed by atoms with E-state index in [9.17, 15) is 9.59 Å². The summed E-state index contributed by atoms with van der Waals surface area (Å²) in [4.78, 5) is 32.7. The monoisotopic (exact) mass is 445 g/mol. The van der Waals surface area contributed by atoms with Crippen molar-refractivity contribution >= 4 is 18.0 Å². The lowest BCUT2D eigenvalue weighted by molar-refractivity contribution is 0.0214. The number of nitrogens with zero attached hydrogens (tertiary/aromatic N) is 3. The van der Waals surface area contributed by atoms with E-state index in [-0.39, 0.29) is 6.09 Å². The molecule has 0 aromatic heterocycles. The van der Waals surface area contributed by atoms with E-state index in [0.717, 1.165) is 44.0 Å². The van der Waals surface area contributed by atoms with Gasteiger partial charge in [-0.1, -0.05) is 12.1 Å². The number of hydrogen-bond acceptors (Lipinski definition) is 4. The Bertz CT molecular complexity index is 795. The second kappa shape index (κ2) is 11.7. The molecule has 1 aromatic rings. The number of likely N-dealkylation sites (tertiary alicyclic amines) is 1. The Labute approximate surface area is 192 Å². The first kappa shape index (κ1) is 25.5. The van der Waals surface area contributed by atoms with E-state index in [1.807, 2.05) is 39.8 Å². The zero-order valence-electron chi connectivity index (χ0n) is 20.2. The zero-order valence-corrected chi connectivity index (χ0v) is 20.2. The van der Waals surface area contributed by atoms with Crippen molar-refractivity contribution in [2.75, 3.05) is 32.7 Å². The number of hydrogen-bond donors (Lipinski definition) is 2. The van der Waals surface area contributed by atoms with Gasteiger partial charge in [0, 0.05) is 38.3 Å². The van der Waals surface area contributed by atoms with E-state index in [1.165, 1.54) is 0 Å². The number of primary amides is 1. The van der Waals surface area contributed by atoms with Crippen LogP contribution in [-0.4, -0.2) is 66.1 Å². The quantitative estimate of drug-likeness (QED) is 0.496. The Morgan fingerprint density at radius 1 is 1.25 bits per heavy atom. The van der Waals surface area contributed by atoms with Gasteiger partial charge >= 0.3 is 6.09 Å². The molecule has 32 heavy (non-hydrogen) atoms. The fraction of sp³-hybridized carbons (Fsp3) is 0.625. The Morgan fingerprint density at radius 2 is 1.94 bits per heavy atom. The minimum atomic E-state index is -0.484. The Morgan fingerprint density at radius 3 is 2.50 bits per heavy atom. The van der Waals surface area contributed by atoms with E-state index in [0.29, 0.717) is 31.1 Å². The van der Waals surface area contributed by atoms with Gasteiger partial charge in [-0.05, 0) is 71.1 Å². The molecule has 2 amide bonds. The third-order valence-corrected chi connectivity index (χ3v) is 5.38. The second-order valence-corrected chi connectivity index (χ2v) is 9.18. The zero-order chi connectivity index (χ0) is 23.7. The highest BCUT2D eigenvalue weighted by atomic mass is 16.6. The summed E-state index contributed by atoms with van der Waals surface area (Å²) in [6, 6.07) is 7.27. The normalized spacial score (nSPS) is 15.4. The number of piperidine rings is 1. The summed E-state index contributed by atoms with van der Waals surface area (Å²) in [6.45, 7) is 14.1. The van der Waals surface area contributed by atoms with Gasteiger partial charge in [-0.2, -0.15) is 0 Å². The van der Waals surface area contributed by atoms with E-state index >= 15 is 0 Å². The van der Waals surface area contributed by atoms with Gasteiger partial charge in [-0.25, -0.2) is 9.79 Å². The minimum absolute atomic E-state index is 0.240. The molecule has 0 atom stereocenters. The number of aliphatic imine (C=N–C) groups is 1. The molecule has 8 heteroatoms. The topological polar surface area (TPSA) is 100 Å². The van der Waals surface area contributed by atoms with Crippen LogP contribution in [0.4, 0.5) is 4.79 Å². The summed E-state index contributed by atoms with van der Waals surface area (Å²) < 4.78 is 5.54. The Balaban J connectivity index is 1.95. The first-order valence-electron chi connectivity index (χ1n) is 11.5. The van der Waals surface area contributed by atoms with Crippen molar-refractivity contribution in [2.45, 2.75) is 59.6 Å². The highest BCUT2D eigenvalue weighted by Gasteiger charge is 2.27. The molecule has 1 aromatic carbocycles. The number of rotatable bonds is 7. The van der Waals surface area contributed by atoms with Crippen molar-refractivity contribution in [3.63, 3.8) is 0 Å². The van der Waals surface area contributed by atoms with Crippen LogP contribution in [0, 0.1) is 5.92 Å². The standard InChI is InChI=1S/C24H39N5O3/c1-6-26-22(27-16-19-9-8-10-20(15-19)21(25)30)29-13-11-18(12-14-29)17-28(7-2)23(31)32-24(3,4)5/h8-10,15,18H,6-7,11-14,16-17H2,1-5H3,(H2,25,30)(H,26,27). The molecule has 0 radical (unpaired) electrons. The smallest absolute Gasteiger partial charge is 0.410 e. The van der Waals surface area contributed by atoms with Crippen molar-refractivity contribution < 1.29 is 14.3 Å². The summed E-state index contributed by atoms with van der Waals surface area (Å²) >= 11 is 0. The van der Waals surface area contributed by atoms with Crippen LogP contribution in [0.25, 0.3) is 0 Å². The molecule has 0 bridgehead atoms. The number of amides is 2. The lowest BCUT2D eigenvalue weighted by Gasteiger charge is -2.36. The molecule has 1 fully saturated rings. The minimum Gasteiger partial charge on any atom is -0.444 e. The second-order valence-electron chi connectivity index (χ2n) is 9.18. The predicted octanol–water partition coefficient (Wildman–Crippen LogP) is 3.22. The number of nitrogens with two attached hydrogens (primary N) is 1. The molecule has 0 unspecified atom stereocenters. The molecule has 1 saturated heterocycles. The summed E-state index contributed by atoms with van der Waals surface area (Å²) in [5, 5.41) is 3.37. The van der Waals surface area contributed by atoms with Crippen molar-refractivity contribution in [3.8, 4) is 0 Å². The predicted molar refractivity (Wildman–Crippen MR) is 128 cm³/mol. The van der Waals surface area contributed by atoms with Crippen LogP contribution in [-0.2, 0) is 11.3 Å². The summed E-state index contributed by atoms with van der Waals surface area (Å²) in [6.07, 6.45) is 1.73. The first-order valence-corrected chi connectivity index (χ1v) is 11.5. The molecule has 8 nitrogen and oxygen atoms in total. The van der Waals surface area contributed by atoms with Crippen molar-refractivity contribution in [3.05, 3.63) is 35.4 Å². The van der Waals surface area contributed by atoms with Crippen LogP contribution in [0.3, 0.4) is 0 Å². The van der Waals surface area contributed by atoms with E-state index in [1.54, 1.807) is 17.0 Å². The molecule has 0 aliphatic carbocycles. The van der Waals surface area contributed by atoms with Crippen LogP contribution < -0.4 is 11.1 Å². The number of carbonyl (C=O) groups is 2. The van der Waals surface area contributed by atoms with Gasteiger partial charge in [0.2, 0.25) is 5.91 Å². The highest BCUT2D eigenvalue weighted by Crippen LogP contribution is 2.20. The average Bonchev–Trinajstić information content (AvgIpc) is 2.74. The molecule has 1 heterocycles. The van der Waals surface area contributed by atoms with Crippen molar-refractivity contribution in [1.82, 2.24) is 15.1 Å². The van der Waals surface area contributed by atoms with E-state index < -0.39 is 11.5 Å². The third kappa shape index (κ3) is 8.05. The maximum Gasteiger partial charge on any atom is 0.410 e. The largest absolute Gasteiger partial charge is 0.444 e. The summed E-state index contributed by atoms with van der Waals surface area (Å²) in [5.41, 5.74) is 6.34. The highest BCUT2D eigenvalue weighted by molar-refractivity contribution is 5.92. The first-order chi connectivity index (χ1) is 15.1. The maximum absolute atomic E-state index is 12.4. The van der Waals surface area contributed by atoms with Gasteiger partial charge in [0.1, 0.15) is 5.60 Å². The SMILES string of the molecule is CCNC(=NCc1cccc(C(N)=O)c1)N1CCC(CN(CC)C(=O)OC(C)(C)C)CC1. The third-order valence-electron chi connectivity index (χ3n) is 5.38. The number of carbonyl (C=O) groups excluding carboxylic acids is 2. The van der Waals surface area contributed by atoms with Crippen LogP contribution in [0.2, 0.25) is 0 Å². The van der Waals surface area contributed by atoms with Gasteiger partial charge in [-0.3, -0.25) is 4.79 Å². The van der Waals surface area contributed by atoms with Gasteiger partial charge in [0.15, 0.2) is 5.96 Å². The van der Waals surface area contributed by atoms with Gasteiger partial charge < -0.3 is 25.6 Å². The molecule has 2 rings (SSSR count). The van der Waals surface area contributed by atoms with Crippen LogP contribution >= 0.6 is 0 Å². The van der Waals surface area contributed by atoms with Gasteiger partial charge in [-0.15, -0.1) is 0 Å². The van der Waals surface area contributed by atoms with Crippen molar-refractivity contribution in [2.24, 2.45) is 16.6 Å². The number of benzene rings is 1. The lowest BCUT2D eigenvalue weighted by atomic mass is 9.96. The Hall–Kier alpha value is -2.77. The van der Waals surface area contributed by atoms with E-state index in [2.05, 4.69) is 17.1 Å². The summed E-state index contributed by atoms with van der Waals surface area (Å²) in [5.74, 6) is 0.876. The summed E-state index contributed by atoms with van der Waals surface area (Å²) in [7, 11) is 0. The maximum atomic E-state index is 12.4. The van der Waals surface area contributed by atoms with Gasteiger partial charge in [0.05, 0.1) is 6.54 Å². The molecule has 1 aliphatic heterocycles. The van der Waals surface area contributed by atoms with Crippen molar-refractivity contribution in [1.29, 1.82) is 0 Å². The number of ether oxygens (including phenoxy) is 1. The fourth-order valence-electron chi connectivity index (χ4n) is 3.71. The van der Waals surface area contributed by atoms with E-state index in [4.69, 9.17) is 15.5 Å². The molecule has 3 N–H and O–H groups in total. The fourth-order valence-corrected chi connectivity index (χ4v) is 3.71.